The van der Waals surface area contributed by atoms with Gasteiger partial charge in [0.2, 0.25) is 0 Å². The molecule has 140 valence electrons. The molecule has 27 heavy (non-hydrogen) atoms. The number of hydrogen-bond donors (Lipinski definition) is 3. The number of nitrogens with one attached hydrogen (secondary N) is 2. The third-order valence-electron chi connectivity index (χ3n) is 4.49. The summed E-state index contributed by atoms with van der Waals surface area (Å²) in [7, 11) is 0. The molecule has 0 spiro atoms. The van der Waals surface area contributed by atoms with E-state index in [0.29, 0.717) is 0 Å². The summed E-state index contributed by atoms with van der Waals surface area (Å²) in [5.74, 6) is 0. The van der Waals surface area contributed by atoms with Gasteiger partial charge >= 0.3 is 0 Å². The van der Waals surface area contributed by atoms with Crippen LogP contribution in [0.3, 0.4) is 0 Å². The van der Waals surface area contributed by atoms with Gasteiger partial charge in [-0.25, -0.2) is 0 Å². The molecule has 3 aromatic rings. The molecule has 0 radical (unpaired) electrons. The number of anilines is 2. The molecule has 0 aliphatic carbocycles. The standard InChI is InChI=1S/C22H22Br2N2O/c1-15-4-3-5-17(14-15)22(27,26-21-12-8-19(24)9-13-21)16(2)25-20-10-6-18(23)7-11-20/h3-14,16,25-27H,1-2H3/t16-,22?/m0/s1. The number of aryl methyl sites for hydroxylation is 1. The predicted octanol–water partition coefficient (Wildman–Crippen LogP) is 6.28. The summed E-state index contributed by atoms with van der Waals surface area (Å²) < 4.78 is 2.01. The third kappa shape index (κ3) is 4.92. The molecule has 0 aliphatic rings. The fourth-order valence-corrected chi connectivity index (χ4v) is 3.50. The van der Waals surface area contributed by atoms with Crippen molar-refractivity contribution >= 4 is 43.2 Å². The first-order chi connectivity index (χ1) is 12.9. The molecule has 3 nitrogen and oxygen atoms in total. The zero-order valence-corrected chi connectivity index (χ0v) is 18.4. The molecule has 0 bridgehead atoms. The SMILES string of the molecule is Cc1cccc(C(O)(Nc2ccc(Br)cc2)[C@H](C)Nc2ccc(Br)cc2)c1. The highest BCUT2D eigenvalue weighted by atomic mass is 79.9. The summed E-state index contributed by atoms with van der Waals surface area (Å²) in [6.07, 6.45) is 0. The van der Waals surface area contributed by atoms with Crippen molar-refractivity contribution in [3.8, 4) is 0 Å². The van der Waals surface area contributed by atoms with Gasteiger partial charge in [0.25, 0.3) is 0 Å². The number of aliphatic hydroxyl groups is 1. The lowest BCUT2D eigenvalue weighted by molar-refractivity contribution is 0.0515. The van der Waals surface area contributed by atoms with Gasteiger partial charge in [-0.1, -0.05) is 61.7 Å². The maximum atomic E-state index is 11.7. The largest absolute Gasteiger partial charge is 0.377 e. The number of hydrogen-bond acceptors (Lipinski definition) is 3. The summed E-state index contributed by atoms with van der Waals surface area (Å²) in [6, 6.07) is 23.3. The van der Waals surface area contributed by atoms with Crippen LogP contribution in [0, 0.1) is 6.92 Å². The van der Waals surface area contributed by atoms with E-state index >= 15 is 0 Å². The van der Waals surface area contributed by atoms with Crippen LogP contribution < -0.4 is 10.6 Å². The molecule has 5 heteroatoms. The topological polar surface area (TPSA) is 44.3 Å². The summed E-state index contributed by atoms with van der Waals surface area (Å²) in [5.41, 5.74) is 2.38. The summed E-state index contributed by atoms with van der Waals surface area (Å²) in [5, 5.41) is 18.5. The van der Waals surface area contributed by atoms with E-state index in [0.717, 1.165) is 31.4 Å². The highest BCUT2D eigenvalue weighted by Crippen LogP contribution is 2.31. The molecule has 0 heterocycles. The Hall–Kier alpha value is -1.82. The van der Waals surface area contributed by atoms with Crippen LogP contribution in [0.2, 0.25) is 0 Å². The summed E-state index contributed by atoms with van der Waals surface area (Å²) in [6.45, 7) is 3.99. The van der Waals surface area contributed by atoms with Crippen LogP contribution in [0.15, 0.2) is 81.7 Å². The van der Waals surface area contributed by atoms with Crippen molar-refractivity contribution < 1.29 is 5.11 Å². The van der Waals surface area contributed by atoms with Crippen LogP contribution in [0.4, 0.5) is 11.4 Å². The minimum Gasteiger partial charge on any atom is -0.377 e. The van der Waals surface area contributed by atoms with Crippen molar-refractivity contribution in [3.63, 3.8) is 0 Å². The molecular formula is C22H22Br2N2O. The number of benzene rings is 3. The van der Waals surface area contributed by atoms with Crippen molar-refractivity contribution in [1.29, 1.82) is 0 Å². The first-order valence-corrected chi connectivity index (χ1v) is 10.3. The predicted molar refractivity (Wildman–Crippen MR) is 120 cm³/mol. The molecule has 0 fully saturated rings. The van der Waals surface area contributed by atoms with Crippen molar-refractivity contribution in [2.45, 2.75) is 25.6 Å². The minimum absolute atomic E-state index is 0.302. The van der Waals surface area contributed by atoms with E-state index in [4.69, 9.17) is 0 Å². The molecule has 3 N–H and O–H groups in total. The van der Waals surface area contributed by atoms with Crippen LogP contribution in [0.1, 0.15) is 18.1 Å². The van der Waals surface area contributed by atoms with E-state index in [9.17, 15) is 5.11 Å². The molecule has 2 atom stereocenters. The van der Waals surface area contributed by atoms with Gasteiger partial charge in [-0.2, -0.15) is 0 Å². The second kappa shape index (κ2) is 8.46. The summed E-state index contributed by atoms with van der Waals surface area (Å²) in [4.78, 5) is 0. The molecule has 0 aliphatic heterocycles. The Kier molecular flexibility index (Phi) is 6.25. The molecule has 0 saturated heterocycles. The molecule has 0 saturated carbocycles. The maximum Gasteiger partial charge on any atom is 0.182 e. The molecule has 3 aromatic carbocycles. The Labute approximate surface area is 177 Å². The van der Waals surface area contributed by atoms with Gasteiger partial charge in [-0.05, 0) is 62.4 Å². The van der Waals surface area contributed by atoms with E-state index in [1.807, 2.05) is 86.6 Å². The van der Waals surface area contributed by atoms with Gasteiger partial charge in [0, 0.05) is 25.9 Å². The van der Waals surface area contributed by atoms with Crippen molar-refractivity contribution in [2.75, 3.05) is 10.6 Å². The van der Waals surface area contributed by atoms with Crippen molar-refractivity contribution in [1.82, 2.24) is 0 Å². The van der Waals surface area contributed by atoms with Crippen LogP contribution >= 0.6 is 31.9 Å². The fraction of sp³-hybridized carbons (Fsp3) is 0.182. The van der Waals surface area contributed by atoms with Crippen molar-refractivity contribution in [3.05, 3.63) is 92.9 Å². The van der Waals surface area contributed by atoms with E-state index in [2.05, 4.69) is 42.5 Å². The molecule has 3 rings (SSSR count). The molecular weight excluding hydrogens is 468 g/mol. The molecule has 0 amide bonds. The number of halogens is 2. The van der Waals surface area contributed by atoms with E-state index in [1.165, 1.54) is 0 Å². The highest BCUT2D eigenvalue weighted by Gasteiger charge is 2.36. The monoisotopic (exact) mass is 488 g/mol. The summed E-state index contributed by atoms with van der Waals surface area (Å²) >= 11 is 6.90. The van der Waals surface area contributed by atoms with Gasteiger partial charge in [0.05, 0.1) is 6.04 Å². The van der Waals surface area contributed by atoms with E-state index in [-0.39, 0.29) is 6.04 Å². The lowest BCUT2D eigenvalue weighted by Gasteiger charge is -2.37. The lowest BCUT2D eigenvalue weighted by atomic mass is 9.93. The van der Waals surface area contributed by atoms with Gasteiger partial charge in [0.15, 0.2) is 5.72 Å². The Morgan fingerprint density at radius 3 is 1.96 bits per heavy atom. The van der Waals surface area contributed by atoms with Crippen LogP contribution in [0.5, 0.6) is 0 Å². The van der Waals surface area contributed by atoms with Gasteiger partial charge < -0.3 is 15.7 Å². The maximum absolute atomic E-state index is 11.7. The Balaban J connectivity index is 1.95. The minimum atomic E-state index is -1.30. The Morgan fingerprint density at radius 2 is 1.41 bits per heavy atom. The fourth-order valence-electron chi connectivity index (χ4n) is 2.97. The van der Waals surface area contributed by atoms with E-state index < -0.39 is 5.72 Å². The zero-order chi connectivity index (χ0) is 19.4. The van der Waals surface area contributed by atoms with Crippen molar-refractivity contribution in [2.24, 2.45) is 0 Å². The average molecular weight is 490 g/mol. The smallest absolute Gasteiger partial charge is 0.182 e. The third-order valence-corrected chi connectivity index (χ3v) is 5.55. The Morgan fingerprint density at radius 1 is 0.852 bits per heavy atom. The van der Waals surface area contributed by atoms with E-state index in [1.54, 1.807) is 0 Å². The van der Waals surface area contributed by atoms with Crippen LogP contribution in [0.25, 0.3) is 0 Å². The lowest BCUT2D eigenvalue weighted by Crippen LogP contribution is -2.48. The van der Waals surface area contributed by atoms with Crippen LogP contribution in [-0.4, -0.2) is 11.1 Å². The second-order valence-electron chi connectivity index (χ2n) is 6.64. The Bertz CT molecular complexity index is 897. The van der Waals surface area contributed by atoms with Crippen LogP contribution in [-0.2, 0) is 5.72 Å². The average Bonchev–Trinajstić information content (AvgIpc) is 2.65. The quantitative estimate of drug-likeness (QED) is 0.357. The normalized spacial score (nSPS) is 14.3. The molecule has 0 aromatic heterocycles. The number of rotatable bonds is 6. The highest BCUT2D eigenvalue weighted by molar-refractivity contribution is 9.10. The second-order valence-corrected chi connectivity index (χ2v) is 8.47. The first-order valence-electron chi connectivity index (χ1n) is 8.72. The molecule has 1 unspecified atom stereocenters. The van der Waals surface area contributed by atoms with Gasteiger partial charge in [-0.15, -0.1) is 0 Å². The van der Waals surface area contributed by atoms with Gasteiger partial charge in [-0.3, -0.25) is 0 Å². The van der Waals surface area contributed by atoms with Gasteiger partial charge in [0.1, 0.15) is 0 Å². The zero-order valence-electron chi connectivity index (χ0n) is 15.2. The first kappa shape index (κ1) is 19.9.